The first-order chi connectivity index (χ1) is 21.8. The highest BCUT2D eigenvalue weighted by Crippen LogP contribution is 2.41. The van der Waals surface area contributed by atoms with Crippen LogP contribution in [0.5, 0.6) is 0 Å². The zero-order valence-corrected chi connectivity index (χ0v) is 23.8. The first kappa shape index (κ1) is 24.6. The molecule has 3 aromatic heterocycles. The Morgan fingerprint density at radius 2 is 1.09 bits per heavy atom. The molecule has 44 heavy (non-hydrogen) atoms. The second kappa shape index (κ2) is 9.82. The molecule has 0 fully saturated rings. The Kier molecular flexibility index (Phi) is 5.50. The highest BCUT2D eigenvalue weighted by atomic mass is 16.3. The SMILES string of the molecule is c1ccc(-c2cc(-c3cccc4c3c3ccccc3n4-c3ccccc3)cc(-c3cccc4c3oc3ccccc34)n2)cc1. The van der Waals surface area contributed by atoms with E-state index in [0.29, 0.717) is 0 Å². The summed E-state index contributed by atoms with van der Waals surface area (Å²) in [4.78, 5) is 5.25. The van der Waals surface area contributed by atoms with Crippen molar-refractivity contribution in [3.8, 4) is 39.3 Å². The lowest BCUT2D eigenvalue weighted by Crippen LogP contribution is -1.94. The number of para-hydroxylation sites is 4. The van der Waals surface area contributed by atoms with Crippen LogP contribution < -0.4 is 0 Å². The number of nitrogens with zero attached hydrogens (tertiary/aromatic N) is 2. The molecule has 0 radical (unpaired) electrons. The van der Waals surface area contributed by atoms with Crippen LogP contribution in [0.25, 0.3) is 83.1 Å². The van der Waals surface area contributed by atoms with E-state index in [1.54, 1.807) is 0 Å². The summed E-state index contributed by atoms with van der Waals surface area (Å²) in [6.07, 6.45) is 0. The highest BCUT2D eigenvalue weighted by Gasteiger charge is 2.19. The van der Waals surface area contributed by atoms with Crippen molar-refractivity contribution in [2.24, 2.45) is 0 Å². The molecule has 0 aliphatic heterocycles. The van der Waals surface area contributed by atoms with Gasteiger partial charge in [0.1, 0.15) is 11.2 Å². The van der Waals surface area contributed by atoms with Crippen LogP contribution in [0.15, 0.2) is 162 Å². The van der Waals surface area contributed by atoms with E-state index in [9.17, 15) is 0 Å². The summed E-state index contributed by atoms with van der Waals surface area (Å²) in [5.41, 5.74) is 11.4. The maximum atomic E-state index is 6.47. The maximum Gasteiger partial charge on any atom is 0.144 e. The van der Waals surface area contributed by atoms with E-state index in [1.165, 1.54) is 27.4 Å². The van der Waals surface area contributed by atoms with E-state index in [-0.39, 0.29) is 0 Å². The topological polar surface area (TPSA) is 31.0 Å². The number of pyridine rings is 1. The fraction of sp³-hybridized carbons (Fsp3) is 0. The molecule has 0 unspecified atom stereocenters. The average Bonchev–Trinajstić information content (AvgIpc) is 3.65. The van der Waals surface area contributed by atoms with Gasteiger partial charge in [-0.15, -0.1) is 0 Å². The number of fused-ring (bicyclic) bond motifs is 6. The van der Waals surface area contributed by atoms with Gasteiger partial charge in [-0.1, -0.05) is 109 Å². The Morgan fingerprint density at radius 3 is 1.95 bits per heavy atom. The van der Waals surface area contributed by atoms with Crippen LogP contribution in [-0.2, 0) is 0 Å². The fourth-order valence-corrected chi connectivity index (χ4v) is 6.64. The first-order valence-corrected chi connectivity index (χ1v) is 14.9. The van der Waals surface area contributed by atoms with Gasteiger partial charge in [0.05, 0.1) is 22.4 Å². The third kappa shape index (κ3) is 3.80. The van der Waals surface area contributed by atoms with Gasteiger partial charge in [0.15, 0.2) is 0 Å². The van der Waals surface area contributed by atoms with Gasteiger partial charge >= 0.3 is 0 Å². The molecule has 0 aliphatic carbocycles. The summed E-state index contributed by atoms with van der Waals surface area (Å²) in [5, 5.41) is 4.66. The van der Waals surface area contributed by atoms with Gasteiger partial charge in [0.2, 0.25) is 0 Å². The Labute approximate surface area is 254 Å². The largest absolute Gasteiger partial charge is 0.455 e. The molecule has 0 N–H and O–H groups in total. The van der Waals surface area contributed by atoms with Crippen molar-refractivity contribution in [3.05, 3.63) is 158 Å². The molecule has 9 aromatic rings. The predicted octanol–water partition coefficient (Wildman–Crippen LogP) is 11.1. The monoisotopic (exact) mass is 562 g/mol. The lowest BCUT2D eigenvalue weighted by Gasteiger charge is -2.12. The summed E-state index contributed by atoms with van der Waals surface area (Å²) in [6.45, 7) is 0. The van der Waals surface area contributed by atoms with E-state index in [0.717, 1.165) is 55.7 Å². The minimum absolute atomic E-state index is 0.858. The van der Waals surface area contributed by atoms with Crippen molar-refractivity contribution >= 4 is 43.7 Å². The van der Waals surface area contributed by atoms with Gasteiger partial charge in [0.25, 0.3) is 0 Å². The number of hydrogen-bond donors (Lipinski definition) is 0. The normalized spacial score (nSPS) is 11.6. The molecule has 3 heteroatoms. The summed E-state index contributed by atoms with van der Waals surface area (Å²) in [7, 11) is 0. The molecule has 9 rings (SSSR count). The van der Waals surface area contributed by atoms with Crippen molar-refractivity contribution in [2.75, 3.05) is 0 Å². The molecule has 0 atom stereocenters. The second-order valence-electron chi connectivity index (χ2n) is 11.2. The number of aromatic nitrogens is 2. The lowest BCUT2D eigenvalue weighted by atomic mass is 9.96. The number of furan rings is 1. The van der Waals surface area contributed by atoms with Gasteiger partial charge in [-0.2, -0.15) is 0 Å². The minimum Gasteiger partial charge on any atom is -0.455 e. The van der Waals surface area contributed by atoms with E-state index < -0.39 is 0 Å². The Bertz CT molecular complexity index is 2490. The van der Waals surface area contributed by atoms with E-state index >= 15 is 0 Å². The molecule has 3 nitrogen and oxygen atoms in total. The van der Waals surface area contributed by atoms with Gasteiger partial charge in [-0.3, -0.25) is 0 Å². The molecule has 0 saturated heterocycles. The highest BCUT2D eigenvalue weighted by molar-refractivity contribution is 6.16. The summed E-state index contributed by atoms with van der Waals surface area (Å²) >= 11 is 0. The van der Waals surface area contributed by atoms with Crippen LogP contribution >= 0.6 is 0 Å². The molecular weight excluding hydrogens is 536 g/mol. The van der Waals surface area contributed by atoms with Crippen molar-refractivity contribution in [2.45, 2.75) is 0 Å². The van der Waals surface area contributed by atoms with Crippen LogP contribution in [0.2, 0.25) is 0 Å². The Morgan fingerprint density at radius 1 is 0.455 bits per heavy atom. The van der Waals surface area contributed by atoms with E-state index in [4.69, 9.17) is 9.40 Å². The van der Waals surface area contributed by atoms with Gasteiger partial charge in [-0.25, -0.2) is 4.98 Å². The molecule has 0 aliphatic rings. The summed E-state index contributed by atoms with van der Waals surface area (Å²) < 4.78 is 8.83. The molecule has 6 aromatic carbocycles. The third-order valence-electron chi connectivity index (χ3n) is 8.60. The zero-order valence-electron chi connectivity index (χ0n) is 23.8. The quantitative estimate of drug-likeness (QED) is 0.214. The molecular formula is C41H26N2O. The van der Waals surface area contributed by atoms with Crippen LogP contribution in [0.1, 0.15) is 0 Å². The number of rotatable bonds is 4. The molecule has 0 amide bonds. The molecule has 3 heterocycles. The lowest BCUT2D eigenvalue weighted by molar-refractivity contribution is 0.670. The Balaban J connectivity index is 1.35. The Hall–Kier alpha value is -5.93. The van der Waals surface area contributed by atoms with E-state index in [1.807, 2.05) is 18.2 Å². The first-order valence-electron chi connectivity index (χ1n) is 14.9. The molecule has 0 bridgehead atoms. The predicted molar refractivity (Wildman–Crippen MR) is 182 cm³/mol. The van der Waals surface area contributed by atoms with Crippen LogP contribution in [-0.4, -0.2) is 9.55 Å². The summed E-state index contributed by atoms with van der Waals surface area (Å²) in [5.74, 6) is 0. The van der Waals surface area contributed by atoms with Crippen molar-refractivity contribution in [1.82, 2.24) is 9.55 Å². The van der Waals surface area contributed by atoms with Gasteiger partial charge in [-0.05, 0) is 59.7 Å². The number of hydrogen-bond acceptors (Lipinski definition) is 2. The van der Waals surface area contributed by atoms with Gasteiger partial charge in [0, 0.05) is 38.4 Å². The maximum absolute atomic E-state index is 6.47. The number of benzene rings is 6. The van der Waals surface area contributed by atoms with Crippen LogP contribution in [0.4, 0.5) is 0 Å². The van der Waals surface area contributed by atoms with Gasteiger partial charge < -0.3 is 8.98 Å². The van der Waals surface area contributed by atoms with Crippen LogP contribution in [0.3, 0.4) is 0 Å². The second-order valence-corrected chi connectivity index (χ2v) is 11.2. The average molecular weight is 563 g/mol. The molecule has 206 valence electrons. The summed E-state index contributed by atoms with van der Waals surface area (Å²) in [6, 6.07) is 55.4. The fourth-order valence-electron chi connectivity index (χ4n) is 6.64. The smallest absolute Gasteiger partial charge is 0.144 e. The third-order valence-corrected chi connectivity index (χ3v) is 8.60. The van der Waals surface area contributed by atoms with Crippen molar-refractivity contribution in [3.63, 3.8) is 0 Å². The van der Waals surface area contributed by atoms with Crippen molar-refractivity contribution in [1.29, 1.82) is 0 Å². The zero-order chi connectivity index (χ0) is 29.0. The van der Waals surface area contributed by atoms with E-state index in [2.05, 4.69) is 144 Å². The van der Waals surface area contributed by atoms with Crippen LogP contribution in [0, 0.1) is 0 Å². The van der Waals surface area contributed by atoms with Crippen molar-refractivity contribution < 1.29 is 4.42 Å². The standard InChI is InChI=1S/C41H26N2O/c1-3-13-27(14-4-1)35-25-28(26-36(42-35)33-21-11-20-32-31-17-8-10-24-39(31)44-41(32)33)30-19-12-23-38-40(30)34-18-7-9-22-37(34)43(38)29-15-5-2-6-16-29/h1-26H. The molecule has 0 saturated carbocycles. The molecule has 0 spiro atoms. The minimum atomic E-state index is 0.858.